The lowest BCUT2D eigenvalue weighted by Crippen LogP contribution is -2.54. The van der Waals surface area contributed by atoms with Crippen LogP contribution in [0.25, 0.3) is 0 Å². The number of esters is 1. The number of alkyl carbamates (subject to hydrolysis) is 1. The summed E-state index contributed by atoms with van der Waals surface area (Å²) in [6.07, 6.45) is 37.3. The van der Waals surface area contributed by atoms with Gasteiger partial charge < -0.3 is 30.3 Å². The maximum absolute atomic E-state index is 13.0. The van der Waals surface area contributed by atoms with Crippen molar-refractivity contribution < 1.29 is 33.4 Å². The van der Waals surface area contributed by atoms with Gasteiger partial charge in [0.1, 0.15) is 12.2 Å². The van der Waals surface area contributed by atoms with Gasteiger partial charge >= 0.3 is 12.1 Å². The minimum absolute atomic E-state index is 0.00162. The lowest BCUT2D eigenvalue weighted by molar-refractivity contribution is -0.150. The zero-order valence-electron chi connectivity index (χ0n) is 45.7. The fraction of sp³-hybridized carbons (Fsp3) is 0.915. The zero-order chi connectivity index (χ0) is 50.4. The first-order chi connectivity index (χ1) is 33.8. The first-order valence-electron chi connectivity index (χ1n) is 29.7. The molecule has 11 heteroatoms. The second kappa shape index (κ2) is 30.4. The molecule has 402 valence electrons. The van der Waals surface area contributed by atoms with Crippen LogP contribution in [-0.2, 0) is 28.7 Å². The third-order valence-corrected chi connectivity index (χ3v) is 19.2. The number of fused-ring (bicyclic) bond motifs is 5. The summed E-state index contributed by atoms with van der Waals surface area (Å²) in [6.45, 7) is 13.7. The van der Waals surface area contributed by atoms with E-state index in [2.05, 4.69) is 43.6 Å². The van der Waals surface area contributed by atoms with Gasteiger partial charge in [0.2, 0.25) is 17.7 Å². The van der Waals surface area contributed by atoms with Crippen LogP contribution in [-0.4, -0.2) is 79.6 Å². The Morgan fingerprint density at radius 1 is 0.600 bits per heavy atom. The number of hydrogen-bond acceptors (Lipinski definition) is 7. The fourth-order valence-electron chi connectivity index (χ4n) is 15.0. The van der Waals surface area contributed by atoms with Gasteiger partial charge in [-0.2, -0.15) is 0 Å². The number of ether oxygens (including phenoxy) is 2. The normalized spacial score (nSPS) is 29.6. The second-order valence-electron chi connectivity index (χ2n) is 24.0. The highest BCUT2D eigenvalue weighted by molar-refractivity contribution is 5.81. The number of nitrogens with zero attached hydrogens (tertiary/aromatic N) is 1. The summed E-state index contributed by atoms with van der Waals surface area (Å²) in [5.74, 6) is 3.95. The van der Waals surface area contributed by atoms with Gasteiger partial charge in [-0.25, -0.2) is 4.79 Å². The van der Waals surface area contributed by atoms with Gasteiger partial charge in [-0.3, -0.25) is 19.2 Å². The molecule has 70 heavy (non-hydrogen) atoms. The van der Waals surface area contributed by atoms with Gasteiger partial charge in [-0.15, -0.1) is 0 Å². The number of carbonyl (C=O) groups is 5. The molecule has 4 saturated carbocycles. The molecule has 1 heterocycles. The molecule has 5 fully saturated rings. The molecule has 0 aromatic heterocycles. The smallest absolute Gasteiger partial charge is 0.407 e. The summed E-state index contributed by atoms with van der Waals surface area (Å²) in [7, 11) is 1.54. The van der Waals surface area contributed by atoms with Crippen molar-refractivity contribution in [1.82, 2.24) is 20.9 Å². The summed E-state index contributed by atoms with van der Waals surface area (Å²) in [4.78, 5) is 64.3. The SMILES string of the molecule is CCCCCCCCCCCCCCCCCCNC(=O)CC[C@@H](C)[C@H]1CCC2C3CC[C@@H]4C[C@H](OC(=O)NCCCCCC(=O)N5C[C@H](OC(=O)CCC(=O)NC)C[C@H]5C)CC[C@]4(C)C3CC[C@@]21C. The van der Waals surface area contributed by atoms with E-state index in [9.17, 15) is 24.0 Å². The number of likely N-dealkylation sites (tertiary alicyclic amines) is 1. The number of nitrogens with one attached hydrogen (secondary N) is 3. The van der Waals surface area contributed by atoms with Crippen molar-refractivity contribution in [1.29, 1.82) is 0 Å². The largest absolute Gasteiger partial charge is 0.460 e. The van der Waals surface area contributed by atoms with Crippen molar-refractivity contribution >= 4 is 29.8 Å². The van der Waals surface area contributed by atoms with E-state index in [0.29, 0.717) is 60.9 Å². The summed E-state index contributed by atoms with van der Waals surface area (Å²) in [5, 5.41) is 8.76. The number of amides is 4. The van der Waals surface area contributed by atoms with Crippen LogP contribution in [0.5, 0.6) is 0 Å². The first kappa shape index (κ1) is 58.0. The average Bonchev–Trinajstić information content (AvgIpc) is 3.90. The Kier molecular flexibility index (Phi) is 25.2. The van der Waals surface area contributed by atoms with Crippen molar-refractivity contribution in [2.24, 2.45) is 46.3 Å². The Bertz CT molecular complexity index is 1590. The lowest BCUT2D eigenvalue weighted by atomic mass is 9.44. The van der Waals surface area contributed by atoms with Crippen LogP contribution < -0.4 is 16.0 Å². The number of hydrogen-bond donors (Lipinski definition) is 3. The monoisotopic (exact) mass is 981 g/mol. The highest BCUT2D eigenvalue weighted by Gasteiger charge is 2.60. The Hall–Kier alpha value is -2.85. The Balaban J connectivity index is 0.891. The van der Waals surface area contributed by atoms with Crippen LogP contribution in [0, 0.1) is 46.3 Å². The van der Waals surface area contributed by atoms with Crippen LogP contribution in [0.4, 0.5) is 4.79 Å². The lowest BCUT2D eigenvalue weighted by Gasteiger charge is -2.61. The molecule has 5 rings (SSSR count). The number of rotatable bonds is 32. The van der Waals surface area contributed by atoms with E-state index >= 15 is 0 Å². The average molecular weight is 982 g/mol. The predicted octanol–water partition coefficient (Wildman–Crippen LogP) is 13.2. The van der Waals surface area contributed by atoms with E-state index < -0.39 is 5.97 Å². The molecule has 4 aliphatic carbocycles. The molecular weight excluding hydrogens is 877 g/mol. The molecule has 0 radical (unpaired) electrons. The molecule has 1 saturated heterocycles. The molecular formula is C59H104N4O7. The van der Waals surface area contributed by atoms with Gasteiger partial charge in [0, 0.05) is 51.9 Å². The number of carbonyl (C=O) groups excluding carboxylic acids is 5. The van der Waals surface area contributed by atoms with E-state index in [1.165, 1.54) is 142 Å². The molecule has 0 aromatic carbocycles. The summed E-state index contributed by atoms with van der Waals surface area (Å²) >= 11 is 0. The third-order valence-electron chi connectivity index (χ3n) is 19.2. The molecule has 5 aliphatic rings. The topological polar surface area (TPSA) is 143 Å². The quantitative estimate of drug-likeness (QED) is 0.0450. The van der Waals surface area contributed by atoms with Gasteiger partial charge in [0.25, 0.3) is 0 Å². The van der Waals surface area contributed by atoms with E-state index in [1.54, 1.807) is 4.90 Å². The molecule has 11 atom stereocenters. The second-order valence-corrected chi connectivity index (χ2v) is 24.0. The van der Waals surface area contributed by atoms with Crippen LogP contribution in [0.3, 0.4) is 0 Å². The van der Waals surface area contributed by atoms with Crippen LogP contribution >= 0.6 is 0 Å². The van der Waals surface area contributed by atoms with E-state index in [0.717, 1.165) is 75.7 Å². The van der Waals surface area contributed by atoms with Crippen molar-refractivity contribution in [3.8, 4) is 0 Å². The minimum atomic E-state index is -0.407. The molecule has 1 aliphatic heterocycles. The van der Waals surface area contributed by atoms with E-state index in [-0.39, 0.29) is 54.9 Å². The molecule has 3 unspecified atom stereocenters. The molecule has 0 bridgehead atoms. The summed E-state index contributed by atoms with van der Waals surface area (Å²) in [5.41, 5.74) is 0.699. The maximum atomic E-state index is 13.0. The van der Waals surface area contributed by atoms with Crippen LogP contribution in [0.1, 0.15) is 253 Å². The van der Waals surface area contributed by atoms with Gasteiger partial charge in [-0.1, -0.05) is 130 Å². The Labute approximate surface area is 426 Å². The van der Waals surface area contributed by atoms with Gasteiger partial charge in [0.15, 0.2) is 0 Å². The molecule has 3 N–H and O–H groups in total. The number of unbranched alkanes of at least 4 members (excludes halogenated alkanes) is 17. The fourth-order valence-corrected chi connectivity index (χ4v) is 15.0. The molecule has 11 nitrogen and oxygen atoms in total. The zero-order valence-corrected chi connectivity index (χ0v) is 45.7. The van der Waals surface area contributed by atoms with Gasteiger partial charge in [-0.05, 0) is 137 Å². The van der Waals surface area contributed by atoms with Crippen LogP contribution in [0.15, 0.2) is 0 Å². The molecule has 4 amide bonds. The van der Waals surface area contributed by atoms with Crippen molar-refractivity contribution in [2.75, 3.05) is 26.7 Å². The standard InChI is InChI=1S/C59H104N4O7/c1-7-8-9-10-11-12-13-14-15-16-17-18-19-20-21-24-39-61-54(65)32-27-44(2)50-30-31-51-49-29-28-46-42-47(35-37-58(46,4)52(49)36-38-59(50,51)5)70-57(68)62-40-25-22-23-26-55(66)63-43-48(41-45(63)3)69-56(67)34-33-53(64)60-6/h44-52H,7-43H2,1-6H3,(H,60,64)(H,61,65)(H,62,68)/t44-,45-,46-,47-,48-,49?,50-,51?,52?,58+,59-/m1/s1. The molecule has 0 spiro atoms. The molecule has 0 aromatic rings. The summed E-state index contributed by atoms with van der Waals surface area (Å²) in [6, 6.07) is 0.00162. The van der Waals surface area contributed by atoms with Gasteiger partial charge in [0.05, 0.1) is 13.0 Å². The Morgan fingerprint density at radius 3 is 1.86 bits per heavy atom. The van der Waals surface area contributed by atoms with Crippen LogP contribution in [0.2, 0.25) is 0 Å². The summed E-state index contributed by atoms with van der Waals surface area (Å²) < 4.78 is 11.6. The highest BCUT2D eigenvalue weighted by atomic mass is 16.6. The first-order valence-corrected chi connectivity index (χ1v) is 29.7. The Morgan fingerprint density at radius 2 is 1.20 bits per heavy atom. The van der Waals surface area contributed by atoms with Crippen molar-refractivity contribution in [2.45, 2.75) is 271 Å². The highest BCUT2D eigenvalue weighted by Crippen LogP contribution is 2.68. The van der Waals surface area contributed by atoms with E-state index in [4.69, 9.17) is 9.47 Å². The predicted molar refractivity (Wildman–Crippen MR) is 282 cm³/mol. The minimum Gasteiger partial charge on any atom is -0.460 e. The third kappa shape index (κ3) is 17.7. The maximum Gasteiger partial charge on any atom is 0.407 e. The van der Waals surface area contributed by atoms with Crippen molar-refractivity contribution in [3.05, 3.63) is 0 Å². The van der Waals surface area contributed by atoms with E-state index in [1.807, 2.05) is 6.92 Å². The van der Waals surface area contributed by atoms with Crippen molar-refractivity contribution in [3.63, 3.8) is 0 Å².